The lowest BCUT2D eigenvalue weighted by Crippen LogP contribution is -2.55. The Labute approximate surface area is 61.4 Å². The Kier molecular flexibility index (Phi) is 1.29. The molecule has 0 aromatic heterocycles. The van der Waals surface area contributed by atoms with Crippen LogP contribution >= 0.6 is 0 Å². The Hall–Kier alpha value is -0.0800. The monoisotopic (exact) mass is 141 g/mol. The Bertz CT molecular complexity index is 138. The summed E-state index contributed by atoms with van der Waals surface area (Å²) >= 11 is 0. The van der Waals surface area contributed by atoms with E-state index in [9.17, 15) is 5.11 Å². The van der Waals surface area contributed by atoms with E-state index in [-0.39, 0.29) is 6.04 Å². The fourth-order valence-corrected chi connectivity index (χ4v) is 2.36. The highest BCUT2D eigenvalue weighted by molar-refractivity contribution is 5.00. The second-order valence-electron chi connectivity index (χ2n) is 3.89. The van der Waals surface area contributed by atoms with Crippen LogP contribution in [0, 0.1) is 5.92 Å². The highest BCUT2D eigenvalue weighted by Gasteiger charge is 2.44. The first-order chi connectivity index (χ1) is 4.71. The van der Waals surface area contributed by atoms with Crippen molar-refractivity contribution in [3.8, 4) is 0 Å². The average molecular weight is 141 g/mol. The molecule has 10 heavy (non-hydrogen) atoms. The maximum absolute atomic E-state index is 9.86. The maximum Gasteiger partial charge on any atom is 0.0798 e. The van der Waals surface area contributed by atoms with Gasteiger partial charge in [-0.15, -0.1) is 0 Å². The molecule has 0 aromatic rings. The van der Waals surface area contributed by atoms with Crippen molar-refractivity contribution in [3.05, 3.63) is 0 Å². The fraction of sp³-hybridized carbons (Fsp3) is 1.00. The van der Waals surface area contributed by atoms with Crippen molar-refractivity contribution in [1.82, 2.24) is 0 Å². The van der Waals surface area contributed by atoms with Gasteiger partial charge in [0.05, 0.1) is 5.60 Å². The number of nitrogens with two attached hydrogens (primary N) is 1. The summed E-state index contributed by atoms with van der Waals surface area (Å²) < 4.78 is 0. The van der Waals surface area contributed by atoms with Crippen molar-refractivity contribution < 1.29 is 5.11 Å². The van der Waals surface area contributed by atoms with Crippen molar-refractivity contribution in [1.29, 1.82) is 0 Å². The molecule has 3 rings (SSSR count). The molecule has 2 nitrogen and oxygen atoms in total. The molecule has 3 fully saturated rings. The third-order valence-corrected chi connectivity index (χ3v) is 3.25. The molecule has 0 aliphatic heterocycles. The van der Waals surface area contributed by atoms with Gasteiger partial charge >= 0.3 is 0 Å². The first-order valence-corrected chi connectivity index (χ1v) is 4.19. The molecule has 3 saturated carbocycles. The van der Waals surface area contributed by atoms with E-state index in [1.807, 2.05) is 0 Å². The molecular weight excluding hydrogens is 126 g/mol. The van der Waals surface area contributed by atoms with Crippen molar-refractivity contribution in [3.63, 3.8) is 0 Å². The number of hydrogen-bond donors (Lipinski definition) is 2. The number of hydrogen-bond acceptors (Lipinski definition) is 2. The zero-order chi connectivity index (χ0) is 7.19. The lowest BCUT2D eigenvalue weighted by Gasteiger charge is -2.47. The Morgan fingerprint density at radius 2 is 1.90 bits per heavy atom. The van der Waals surface area contributed by atoms with E-state index in [1.54, 1.807) is 0 Å². The fourth-order valence-electron chi connectivity index (χ4n) is 2.36. The number of fused-ring (bicyclic) bond motifs is 3. The summed E-state index contributed by atoms with van der Waals surface area (Å²) in [5.41, 5.74) is 5.33. The molecule has 0 spiro atoms. The van der Waals surface area contributed by atoms with Gasteiger partial charge in [0.25, 0.3) is 0 Å². The van der Waals surface area contributed by atoms with Crippen LogP contribution in [-0.2, 0) is 0 Å². The first kappa shape index (κ1) is 6.62. The van der Waals surface area contributed by atoms with Crippen LogP contribution in [0.1, 0.15) is 32.1 Å². The van der Waals surface area contributed by atoms with E-state index >= 15 is 0 Å². The minimum Gasteiger partial charge on any atom is -0.388 e. The van der Waals surface area contributed by atoms with E-state index in [4.69, 9.17) is 5.73 Å². The van der Waals surface area contributed by atoms with Crippen LogP contribution in [0.2, 0.25) is 0 Å². The average Bonchev–Trinajstić information content (AvgIpc) is 1.92. The highest BCUT2D eigenvalue weighted by atomic mass is 16.3. The molecule has 3 aliphatic carbocycles. The van der Waals surface area contributed by atoms with Crippen LogP contribution in [0.4, 0.5) is 0 Å². The quantitative estimate of drug-likeness (QED) is 0.520. The van der Waals surface area contributed by atoms with Crippen LogP contribution in [0.15, 0.2) is 0 Å². The van der Waals surface area contributed by atoms with Gasteiger partial charge in [0.2, 0.25) is 0 Å². The van der Waals surface area contributed by atoms with E-state index < -0.39 is 5.60 Å². The third-order valence-electron chi connectivity index (χ3n) is 3.25. The zero-order valence-electron chi connectivity index (χ0n) is 6.21. The minimum absolute atomic E-state index is 0.0694. The molecule has 0 amide bonds. The van der Waals surface area contributed by atoms with Gasteiger partial charge in [0.15, 0.2) is 0 Å². The molecule has 0 saturated heterocycles. The van der Waals surface area contributed by atoms with E-state index in [2.05, 4.69) is 0 Å². The first-order valence-electron chi connectivity index (χ1n) is 4.19. The van der Waals surface area contributed by atoms with E-state index in [0.29, 0.717) is 0 Å². The van der Waals surface area contributed by atoms with Crippen molar-refractivity contribution in [2.24, 2.45) is 11.7 Å². The molecule has 3 aliphatic rings. The van der Waals surface area contributed by atoms with Gasteiger partial charge in [-0.25, -0.2) is 0 Å². The summed E-state index contributed by atoms with van der Waals surface area (Å²) in [6, 6.07) is 0.0694. The SMILES string of the molecule is NC1CC2CCC1(O)CC2. The highest BCUT2D eigenvalue weighted by Crippen LogP contribution is 2.43. The van der Waals surface area contributed by atoms with Crippen LogP contribution in [0.25, 0.3) is 0 Å². The number of rotatable bonds is 0. The second-order valence-corrected chi connectivity index (χ2v) is 3.89. The topological polar surface area (TPSA) is 46.2 Å². The second kappa shape index (κ2) is 1.95. The summed E-state index contributed by atoms with van der Waals surface area (Å²) in [4.78, 5) is 0. The summed E-state index contributed by atoms with van der Waals surface area (Å²) in [6.07, 6.45) is 5.34. The summed E-state index contributed by atoms with van der Waals surface area (Å²) in [7, 11) is 0. The molecule has 0 aromatic carbocycles. The van der Waals surface area contributed by atoms with Crippen molar-refractivity contribution in [2.45, 2.75) is 43.7 Å². The largest absolute Gasteiger partial charge is 0.388 e. The lowest BCUT2D eigenvalue weighted by atomic mass is 9.65. The molecule has 2 bridgehead atoms. The molecule has 1 unspecified atom stereocenters. The third kappa shape index (κ3) is 0.789. The summed E-state index contributed by atoms with van der Waals surface area (Å²) in [5, 5.41) is 9.86. The molecule has 3 N–H and O–H groups in total. The maximum atomic E-state index is 9.86. The van der Waals surface area contributed by atoms with E-state index in [0.717, 1.165) is 25.2 Å². The molecule has 0 heterocycles. The Balaban J connectivity index is 2.17. The molecule has 2 heteroatoms. The van der Waals surface area contributed by atoms with Crippen molar-refractivity contribution >= 4 is 0 Å². The van der Waals surface area contributed by atoms with Gasteiger partial charge in [-0.05, 0) is 38.0 Å². The van der Waals surface area contributed by atoms with E-state index in [1.165, 1.54) is 12.8 Å². The molecule has 58 valence electrons. The van der Waals surface area contributed by atoms with Crippen LogP contribution in [-0.4, -0.2) is 16.7 Å². The van der Waals surface area contributed by atoms with Gasteiger partial charge in [-0.1, -0.05) is 0 Å². The predicted octanol–water partition coefficient (Wildman–Crippen LogP) is 0.639. The smallest absolute Gasteiger partial charge is 0.0798 e. The summed E-state index contributed by atoms with van der Waals surface area (Å²) in [6.45, 7) is 0. The number of aliphatic hydroxyl groups is 1. The standard InChI is InChI=1S/C8H15NO/c9-7-5-6-1-3-8(7,10)4-2-6/h6-7,10H,1-5,9H2. The van der Waals surface area contributed by atoms with Crippen LogP contribution < -0.4 is 5.73 Å². The Morgan fingerprint density at radius 3 is 2.20 bits per heavy atom. The van der Waals surface area contributed by atoms with Crippen LogP contribution in [0.5, 0.6) is 0 Å². The molecule has 0 radical (unpaired) electrons. The predicted molar refractivity (Wildman–Crippen MR) is 39.5 cm³/mol. The van der Waals surface area contributed by atoms with Gasteiger partial charge in [0.1, 0.15) is 0 Å². The van der Waals surface area contributed by atoms with Crippen molar-refractivity contribution in [2.75, 3.05) is 0 Å². The summed E-state index contributed by atoms with van der Waals surface area (Å²) in [5.74, 6) is 0.823. The molecular formula is C8H15NO. The van der Waals surface area contributed by atoms with Gasteiger partial charge < -0.3 is 10.8 Å². The van der Waals surface area contributed by atoms with Gasteiger partial charge in [0, 0.05) is 6.04 Å². The molecule has 1 atom stereocenters. The lowest BCUT2D eigenvalue weighted by molar-refractivity contribution is -0.0709. The normalized spacial score (nSPS) is 53.4. The van der Waals surface area contributed by atoms with Crippen LogP contribution in [0.3, 0.4) is 0 Å². The van der Waals surface area contributed by atoms with Gasteiger partial charge in [-0.3, -0.25) is 0 Å². The van der Waals surface area contributed by atoms with Gasteiger partial charge in [-0.2, -0.15) is 0 Å². The zero-order valence-corrected chi connectivity index (χ0v) is 6.21. The Morgan fingerprint density at radius 1 is 1.30 bits per heavy atom. The minimum atomic E-state index is -0.477.